The van der Waals surface area contributed by atoms with Crippen molar-refractivity contribution in [1.82, 2.24) is 14.9 Å². The Bertz CT molecular complexity index is 1070. The molecule has 7 nitrogen and oxygen atoms in total. The molecule has 3 rings (SSSR count). The molecular weight excluding hydrogens is 423 g/mol. The van der Waals surface area contributed by atoms with Crippen molar-refractivity contribution in [2.24, 2.45) is 0 Å². The van der Waals surface area contributed by atoms with Gasteiger partial charge in [0, 0.05) is 18.5 Å². The molecule has 0 atom stereocenters. The Morgan fingerprint density at radius 1 is 1.06 bits per heavy atom. The van der Waals surface area contributed by atoms with E-state index in [1.807, 2.05) is 34.9 Å². The van der Waals surface area contributed by atoms with Gasteiger partial charge in [0.25, 0.3) is 0 Å². The predicted octanol–water partition coefficient (Wildman–Crippen LogP) is 4.98. The van der Waals surface area contributed by atoms with Crippen LogP contribution in [0.4, 0.5) is 15.0 Å². The van der Waals surface area contributed by atoms with Gasteiger partial charge in [-0.15, -0.1) is 0 Å². The Balaban J connectivity index is 1.67. The number of hydrogen-bond donors (Lipinski definition) is 2. The highest BCUT2D eigenvalue weighted by molar-refractivity contribution is 5.93. The van der Waals surface area contributed by atoms with Gasteiger partial charge in [-0.3, -0.25) is 4.79 Å². The number of amides is 2. The average molecular weight is 453 g/mol. The normalized spacial score (nSPS) is 11.2. The van der Waals surface area contributed by atoms with Crippen molar-refractivity contribution < 1.29 is 18.7 Å². The first-order valence-electron chi connectivity index (χ1n) is 10.8. The van der Waals surface area contributed by atoms with Gasteiger partial charge in [-0.2, -0.15) is 0 Å². The fourth-order valence-corrected chi connectivity index (χ4v) is 3.18. The number of nitrogens with zero attached hydrogens (tertiary/aromatic N) is 2. The lowest BCUT2D eigenvalue weighted by molar-refractivity contribution is -0.116. The molecule has 0 fully saturated rings. The van der Waals surface area contributed by atoms with E-state index >= 15 is 0 Å². The van der Waals surface area contributed by atoms with E-state index in [2.05, 4.69) is 15.6 Å². The molecule has 8 heteroatoms. The number of halogens is 1. The van der Waals surface area contributed by atoms with Crippen LogP contribution in [-0.2, 0) is 16.1 Å². The molecule has 1 aromatic heterocycles. The van der Waals surface area contributed by atoms with Crippen LogP contribution in [0.25, 0.3) is 11.3 Å². The predicted molar refractivity (Wildman–Crippen MR) is 125 cm³/mol. The molecule has 0 saturated carbocycles. The monoisotopic (exact) mass is 452 g/mol. The van der Waals surface area contributed by atoms with Gasteiger partial charge in [-0.25, -0.2) is 14.2 Å². The Labute approximate surface area is 193 Å². The molecule has 2 aromatic carbocycles. The van der Waals surface area contributed by atoms with Crippen LogP contribution in [0.15, 0.2) is 60.9 Å². The number of hydrogen-bond acceptors (Lipinski definition) is 4. The molecule has 3 aromatic rings. The summed E-state index contributed by atoms with van der Waals surface area (Å²) in [7, 11) is 0. The second kappa shape index (κ2) is 10.8. The maximum atomic E-state index is 13.4. The third-order valence-electron chi connectivity index (χ3n) is 4.66. The summed E-state index contributed by atoms with van der Waals surface area (Å²) in [4.78, 5) is 28.9. The number of anilines is 1. The number of aromatic nitrogens is 2. The van der Waals surface area contributed by atoms with Gasteiger partial charge < -0.3 is 19.9 Å². The number of benzene rings is 2. The molecule has 0 bridgehead atoms. The van der Waals surface area contributed by atoms with Crippen LogP contribution in [0.1, 0.15) is 39.2 Å². The van der Waals surface area contributed by atoms with Crippen LogP contribution in [0.2, 0.25) is 0 Å². The quantitative estimate of drug-likeness (QED) is 0.472. The lowest BCUT2D eigenvalue weighted by atomic mass is 10.1. The fraction of sp³-hybridized carbons (Fsp3) is 0.320. The molecule has 0 spiro atoms. The summed E-state index contributed by atoms with van der Waals surface area (Å²) in [5.74, 6) is -0.0136. The largest absolute Gasteiger partial charge is 0.444 e. The van der Waals surface area contributed by atoms with Crippen LogP contribution in [-0.4, -0.2) is 33.7 Å². The first-order valence-corrected chi connectivity index (χ1v) is 10.8. The fourth-order valence-electron chi connectivity index (χ4n) is 3.18. The van der Waals surface area contributed by atoms with E-state index in [0.29, 0.717) is 36.6 Å². The summed E-state index contributed by atoms with van der Waals surface area (Å²) >= 11 is 0. The van der Waals surface area contributed by atoms with Gasteiger partial charge in [0.15, 0.2) is 0 Å². The van der Waals surface area contributed by atoms with Gasteiger partial charge in [-0.05, 0) is 57.0 Å². The Kier molecular flexibility index (Phi) is 7.82. The van der Waals surface area contributed by atoms with Gasteiger partial charge in [0.2, 0.25) is 5.91 Å². The summed E-state index contributed by atoms with van der Waals surface area (Å²) in [5.41, 5.74) is 1.74. The minimum atomic E-state index is -0.574. The summed E-state index contributed by atoms with van der Waals surface area (Å²) in [6.45, 7) is 6.20. The number of nitrogens with one attached hydrogen (secondary N) is 2. The first-order chi connectivity index (χ1) is 15.7. The second-order valence-electron chi connectivity index (χ2n) is 8.64. The summed E-state index contributed by atoms with van der Waals surface area (Å²) < 4.78 is 20.4. The minimum Gasteiger partial charge on any atom is -0.444 e. The van der Waals surface area contributed by atoms with Gasteiger partial charge >= 0.3 is 6.09 Å². The van der Waals surface area contributed by atoms with Crippen LogP contribution >= 0.6 is 0 Å². The third-order valence-corrected chi connectivity index (χ3v) is 4.66. The number of carbonyl (C=O) groups is 2. The molecule has 174 valence electrons. The minimum absolute atomic E-state index is 0.204. The molecule has 0 aliphatic carbocycles. The SMILES string of the molecule is CC(C)(C)OC(=O)NCCCC(=O)Nc1c(-c2ccc(F)cc2)ncn1Cc1ccccc1. The van der Waals surface area contributed by atoms with Crippen molar-refractivity contribution in [3.63, 3.8) is 0 Å². The molecule has 2 N–H and O–H groups in total. The van der Waals surface area contributed by atoms with Crippen molar-refractivity contribution in [3.05, 3.63) is 72.3 Å². The molecule has 0 aliphatic heterocycles. The van der Waals surface area contributed by atoms with Gasteiger partial charge in [-0.1, -0.05) is 30.3 Å². The smallest absolute Gasteiger partial charge is 0.407 e. The zero-order valence-corrected chi connectivity index (χ0v) is 19.1. The second-order valence-corrected chi connectivity index (χ2v) is 8.64. The molecule has 0 radical (unpaired) electrons. The maximum absolute atomic E-state index is 13.4. The van der Waals surface area contributed by atoms with Crippen LogP contribution in [0.5, 0.6) is 0 Å². The number of imidazole rings is 1. The van der Waals surface area contributed by atoms with E-state index in [1.165, 1.54) is 12.1 Å². The van der Waals surface area contributed by atoms with Crippen LogP contribution in [0, 0.1) is 5.82 Å². The van der Waals surface area contributed by atoms with Gasteiger partial charge in [0.1, 0.15) is 22.9 Å². The maximum Gasteiger partial charge on any atom is 0.407 e. The van der Waals surface area contributed by atoms with E-state index < -0.39 is 11.7 Å². The van der Waals surface area contributed by atoms with E-state index in [4.69, 9.17) is 4.74 Å². The van der Waals surface area contributed by atoms with Crippen molar-refractivity contribution in [1.29, 1.82) is 0 Å². The Morgan fingerprint density at radius 2 is 1.76 bits per heavy atom. The van der Waals surface area contributed by atoms with E-state index in [1.54, 1.807) is 39.2 Å². The van der Waals surface area contributed by atoms with Crippen molar-refractivity contribution in [3.8, 4) is 11.3 Å². The number of carbonyl (C=O) groups excluding carboxylic acids is 2. The van der Waals surface area contributed by atoms with Crippen molar-refractivity contribution >= 4 is 17.8 Å². The molecular formula is C25H29FN4O3. The lowest BCUT2D eigenvalue weighted by Gasteiger charge is -2.19. The number of ether oxygens (including phenoxy) is 1. The van der Waals surface area contributed by atoms with Crippen molar-refractivity contribution in [2.45, 2.75) is 45.8 Å². The van der Waals surface area contributed by atoms with E-state index in [9.17, 15) is 14.0 Å². The summed E-state index contributed by atoms with van der Waals surface area (Å²) in [5, 5.41) is 5.59. The Morgan fingerprint density at radius 3 is 2.42 bits per heavy atom. The molecule has 1 heterocycles. The van der Waals surface area contributed by atoms with Crippen LogP contribution in [0.3, 0.4) is 0 Å². The van der Waals surface area contributed by atoms with Crippen LogP contribution < -0.4 is 10.6 Å². The highest BCUT2D eigenvalue weighted by Gasteiger charge is 2.17. The average Bonchev–Trinajstić information content (AvgIpc) is 3.13. The molecule has 0 saturated heterocycles. The lowest BCUT2D eigenvalue weighted by Crippen LogP contribution is -2.33. The van der Waals surface area contributed by atoms with E-state index in [-0.39, 0.29) is 18.1 Å². The zero-order chi connectivity index (χ0) is 23.8. The summed E-state index contributed by atoms with van der Waals surface area (Å²) in [6.07, 6.45) is 1.80. The molecule has 33 heavy (non-hydrogen) atoms. The molecule has 0 unspecified atom stereocenters. The topological polar surface area (TPSA) is 85.2 Å². The third kappa shape index (κ3) is 7.45. The Hall–Kier alpha value is -3.68. The van der Waals surface area contributed by atoms with E-state index in [0.717, 1.165) is 5.56 Å². The molecule has 0 aliphatic rings. The molecule has 2 amide bonds. The van der Waals surface area contributed by atoms with Gasteiger partial charge in [0.05, 0.1) is 12.9 Å². The number of rotatable bonds is 8. The summed E-state index contributed by atoms with van der Waals surface area (Å²) in [6, 6.07) is 15.8. The number of alkyl carbamates (subject to hydrolysis) is 1. The first kappa shape index (κ1) is 24.0. The highest BCUT2D eigenvalue weighted by atomic mass is 19.1. The highest BCUT2D eigenvalue weighted by Crippen LogP contribution is 2.28. The van der Waals surface area contributed by atoms with Crippen molar-refractivity contribution in [2.75, 3.05) is 11.9 Å². The standard InChI is InChI=1S/C25H29FN4O3/c1-25(2,3)33-24(32)27-15-7-10-21(31)29-23-22(19-11-13-20(26)14-12-19)28-17-30(23)16-18-8-5-4-6-9-18/h4-6,8-9,11-14,17H,7,10,15-16H2,1-3H3,(H,27,32)(H,29,31). The zero-order valence-electron chi connectivity index (χ0n) is 19.1.